The molecule has 0 radical (unpaired) electrons. The molecule has 1 amide bonds. The Morgan fingerprint density at radius 2 is 1.75 bits per heavy atom. The second-order valence-corrected chi connectivity index (χ2v) is 7.39. The predicted octanol–water partition coefficient (Wildman–Crippen LogP) is 6.81. The van der Waals surface area contributed by atoms with Crippen molar-refractivity contribution >= 4 is 29.7 Å². The number of anilines is 2. The van der Waals surface area contributed by atoms with E-state index >= 15 is 0 Å². The lowest BCUT2D eigenvalue weighted by Gasteiger charge is -2.25. The van der Waals surface area contributed by atoms with E-state index in [1.54, 1.807) is 66.3 Å². The molecule has 3 aromatic rings. The quantitative estimate of drug-likeness (QED) is 0.243. The molecule has 0 aliphatic rings. The van der Waals surface area contributed by atoms with Crippen LogP contribution >= 0.6 is 11.9 Å². The molecule has 0 saturated carbocycles. The van der Waals surface area contributed by atoms with Gasteiger partial charge in [-0.3, -0.25) is 9.78 Å². The minimum Gasteiger partial charge on any atom is -0.497 e. The van der Waals surface area contributed by atoms with Crippen molar-refractivity contribution in [3.63, 3.8) is 0 Å². The largest absolute Gasteiger partial charge is 0.573 e. The maximum atomic E-state index is 12.6. The highest BCUT2D eigenvalue weighted by Gasteiger charge is 2.32. The van der Waals surface area contributed by atoms with Crippen molar-refractivity contribution in [3.05, 3.63) is 67.0 Å². The molecular weight excluding hydrogens is 495 g/mol. The SMILES string of the molecule is CC.CCN(Sc1ccccc1OC(F)(F)F)c1cc(OC)ccc1OC.O=CNc1cccnc1. The fourth-order valence-electron chi connectivity index (χ4n) is 2.65. The van der Waals surface area contributed by atoms with Gasteiger partial charge in [0, 0.05) is 18.8 Å². The van der Waals surface area contributed by atoms with E-state index in [4.69, 9.17) is 9.47 Å². The normalized spacial score (nSPS) is 10.0. The summed E-state index contributed by atoms with van der Waals surface area (Å²) in [7, 11) is 3.08. The van der Waals surface area contributed by atoms with Crippen LogP contribution in [0.1, 0.15) is 20.8 Å². The van der Waals surface area contributed by atoms with Crippen molar-refractivity contribution in [2.45, 2.75) is 32.0 Å². The molecule has 0 aliphatic carbocycles. The number of methoxy groups -OCH3 is 2. The maximum Gasteiger partial charge on any atom is 0.573 e. The van der Waals surface area contributed by atoms with E-state index in [2.05, 4.69) is 15.0 Å². The van der Waals surface area contributed by atoms with Crippen LogP contribution in [0.5, 0.6) is 17.2 Å². The molecule has 0 saturated heterocycles. The first-order valence-electron chi connectivity index (χ1n) is 10.9. The molecule has 1 N–H and O–H groups in total. The van der Waals surface area contributed by atoms with Gasteiger partial charge < -0.3 is 23.8 Å². The number of alkyl halides is 3. The summed E-state index contributed by atoms with van der Waals surface area (Å²) in [5, 5.41) is 2.46. The summed E-state index contributed by atoms with van der Waals surface area (Å²) in [6.07, 6.45) is -0.900. The van der Waals surface area contributed by atoms with Crippen LogP contribution in [0.4, 0.5) is 24.5 Å². The van der Waals surface area contributed by atoms with E-state index in [0.29, 0.717) is 40.7 Å². The molecule has 0 unspecified atom stereocenters. The monoisotopic (exact) mass is 525 g/mol. The first kappa shape index (κ1) is 30.4. The third-order valence-electron chi connectivity index (χ3n) is 4.11. The van der Waals surface area contributed by atoms with Crippen LogP contribution in [0.3, 0.4) is 0 Å². The van der Waals surface area contributed by atoms with Crippen LogP contribution in [0.2, 0.25) is 0 Å². The van der Waals surface area contributed by atoms with Gasteiger partial charge in [-0.15, -0.1) is 13.2 Å². The first-order chi connectivity index (χ1) is 17.3. The summed E-state index contributed by atoms with van der Waals surface area (Å²) in [5.41, 5.74) is 1.41. The predicted molar refractivity (Wildman–Crippen MR) is 137 cm³/mol. The first-order valence-corrected chi connectivity index (χ1v) is 11.7. The standard InChI is InChI=1S/C17H18F3NO3S.C6H6N2O.C2H6/c1-4-21(13-11-12(22-2)9-10-14(13)23-3)25-16-8-6-5-7-15(16)24-17(18,19)20;9-5-8-6-2-1-3-7-4-6;1-2/h5-11H,4H2,1-3H3;1-5H,(H,8,9);1-2H3. The van der Waals surface area contributed by atoms with Gasteiger partial charge in [0.15, 0.2) is 0 Å². The summed E-state index contributed by atoms with van der Waals surface area (Å²) in [5.74, 6) is 0.958. The van der Waals surface area contributed by atoms with Crippen molar-refractivity contribution in [1.29, 1.82) is 0 Å². The number of pyridine rings is 1. The zero-order chi connectivity index (χ0) is 27.0. The molecule has 3 rings (SSSR count). The van der Waals surface area contributed by atoms with Crippen LogP contribution in [0.15, 0.2) is 71.9 Å². The number of ether oxygens (including phenoxy) is 3. The van der Waals surface area contributed by atoms with Crippen LogP contribution in [0, 0.1) is 0 Å². The summed E-state index contributed by atoms with van der Waals surface area (Å²) >= 11 is 1.13. The lowest BCUT2D eigenvalue weighted by molar-refractivity contribution is -0.275. The molecule has 0 atom stereocenters. The van der Waals surface area contributed by atoms with Gasteiger partial charge in [-0.25, -0.2) is 0 Å². The Bertz CT molecular complexity index is 1040. The average Bonchev–Trinajstić information content (AvgIpc) is 2.89. The van der Waals surface area contributed by atoms with Gasteiger partial charge in [-0.05, 0) is 55.3 Å². The molecule has 36 heavy (non-hydrogen) atoms. The second-order valence-electron chi connectivity index (χ2n) is 6.32. The van der Waals surface area contributed by atoms with Gasteiger partial charge in [0.25, 0.3) is 0 Å². The van der Waals surface area contributed by atoms with Crippen molar-refractivity contribution in [2.24, 2.45) is 0 Å². The number of para-hydroxylation sites is 1. The van der Waals surface area contributed by atoms with Crippen LogP contribution in [-0.4, -0.2) is 38.5 Å². The molecule has 0 spiro atoms. The van der Waals surface area contributed by atoms with Crippen molar-refractivity contribution < 1.29 is 32.2 Å². The fraction of sp³-hybridized carbons (Fsp3) is 0.280. The van der Waals surface area contributed by atoms with Gasteiger partial charge in [0.1, 0.15) is 17.2 Å². The number of rotatable bonds is 9. The lowest BCUT2D eigenvalue weighted by atomic mass is 10.2. The van der Waals surface area contributed by atoms with E-state index in [1.165, 1.54) is 19.2 Å². The van der Waals surface area contributed by atoms with Crippen LogP contribution in [-0.2, 0) is 4.79 Å². The van der Waals surface area contributed by atoms with E-state index in [-0.39, 0.29) is 5.75 Å². The second kappa shape index (κ2) is 16.1. The highest BCUT2D eigenvalue weighted by Crippen LogP contribution is 2.41. The van der Waals surface area contributed by atoms with Crippen LogP contribution in [0.25, 0.3) is 0 Å². The number of hydrogen-bond acceptors (Lipinski definition) is 7. The number of aromatic nitrogens is 1. The third kappa shape index (κ3) is 10.3. The Hall–Kier alpha value is -3.60. The molecule has 1 aromatic heterocycles. The third-order valence-corrected chi connectivity index (χ3v) is 5.32. The average molecular weight is 526 g/mol. The molecule has 196 valence electrons. The number of nitrogens with zero attached hydrogens (tertiary/aromatic N) is 2. The highest BCUT2D eigenvalue weighted by atomic mass is 32.2. The Kier molecular flexibility index (Phi) is 13.6. The Morgan fingerprint density at radius 3 is 2.31 bits per heavy atom. The number of carbonyl (C=O) groups is 1. The summed E-state index contributed by atoms with van der Waals surface area (Å²) < 4.78 is 54.3. The highest BCUT2D eigenvalue weighted by molar-refractivity contribution is 8.00. The number of benzene rings is 2. The van der Waals surface area contributed by atoms with E-state index in [0.717, 1.165) is 11.9 Å². The Labute approximate surface area is 213 Å². The molecule has 0 fully saturated rings. The Morgan fingerprint density at radius 1 is 1.03 bits per heavy atom. The Balaban J connectivity index is 0.000000491. The number of halogens is 3. The van der Waals surface area contributed by atoms with E-state index in [9.17, 15) is 18.0 Å². The minimum atomic E-state index is -4.75. The number of carbonyl (C=O) groups excluding carboxylic acids is 1. The van der Waals surface area contributed by atoms with Crippen LogP contribution < -0.4 is 23.8 Å². The van der Waals surface area contributed by atoms with Gasteiger partial charge in [-0.1, -0.05) is 26.0 Å². The summed E-state index contributed by atoms with van der Waals surface area (Å²) in [6.45, 7) is 6.41. The van der Waals surface area contributed by atoms with Gasteiger partial charge in [0.2, 0.25) is 6.41 Å². The topological polar surface area (TPSA) is 72.9 Å². The lowest BCUT2D eigenvalue weighted by Crippen LogP contribution is -2.19. The van der Waals surface area contributed by atoms with E-state index < -0.39 is 6.36 Å². The van der Waals surface area contributed by atoms with Crippen molar-refractivity contribution in [3.8, 4) is 17.2 Å². The molecule has 7 nitrogen and oxygen atoms in total. The number of nitrogens with one attached hydrogen (secondary N) is 1. The summed E-state index contributed by atoms with van der Waals surface area (Å²) in [6, 6.07) is 14.8. The minimum absolute atomic E-state index is 0.250. The molecule has 2 aromatic carbocycles. The van der Waals surface area contributed by atoms with Crippen molar-refractivity contribution in [2.75, 3.05) is 30.4 Å². The zero-order valence-corrected chi connectivity index (χ0v) is 21.5. The van der Waals surface area contributed by atoms with Gasteiger partial charge in [-0.2, -0.15) is 0 Å². The van der Waals surface area contributed by atoms with Gasteiger partial charge in [0.05, 0.1) is 36.7 Å². The number of amides is 1. The smallest absolute Gasteiger partial charge is 0.497 e. The molecule has 0 aliphatic heterocycles. The molecular formula is C25H30F3N3O4S. The van der Waals surface area contributed by atoms with Crippen molar-refractivity contribution in [1.82, 2.24) is 4.98 Å². The molecule has 0 bridgehead atoms. The zero-order valence-electron chi connectivity index (χ0n) is 20.7. The summed E-state index contributed by atoms with van der Waals surface area (Å²) in [4.78, 5) is 14.0. The number of hydrogen-bond donors (Lipinski definition) is 1. The molecule has 11 heteroatoms. The van der Waals surface area contributed by atoms with E-state index in [1.807, 2.05) is 20.8 Å². The van der Waals surface area contributed by atoms with Gasteiger partial charge >= 0.3 is 6.36 Å². The maximum absolute atomic E-state index is 12.6. The fourth-order valence-corrected chi connectivity index (χ4v) is 3.59. The molecule has 1 heterocycles.